The molecule has 13 heteroatoms. The lowest BCUT2D eigenvalue weighted by molar-refractivity contribution is -0.133. The Labute approximate surface area is 267 Å². The first-order valence-electron chi connectivity index (χ1n) is 15.4. The maximum atomic E-state index is 13.7. The molecule has 1 saturated heterocycles. The molecule has 0 saturated carbocycles. The summed E-state index contributed by atoms with van der Waals surface area (Å²) in [5.41, 5.74) is 1.95. The molecule has 13 nitrogen and oxygen atoms in total. The van der Waals surface area contributed by atoms with E-state index < -0.39 is 48.2 Å². The number of esters is 1. The van der Waals surface area contributed by atoms with Crippen LogP contribution in [-0.2, 0) is 19.1 Å². The Kier molecular flexibility index (Phi) is 11.1. The van der Waals surface area contributed by atoms with E-state index in [0.29, 0.717) is 46.8 Å². The van der Waals surface area contributed by atoms with Gasteiger partial charge in [-0.05, 0) is 70.6 Å². The largest absolute Gasteiger partial charge is 0.496 e. The molecule has 2 unspecified atom stereocenters. The molecule has 46 heavy (non-hydrogen) atoms. The minimum absolute atomic E-state index is 0.0151. The van der Waals surface area contributed by atoms with E-state index >= 15 is 0 Å². The third kappa shape index (κ3) is 8.26. The number of fused-ring (bicyclic) bond motifs is 1. The highest BCUT2D eigenvalue weighted by Crippen LogP contribution is 2.26. The SMILES string of the molecule is COc1cccc2[nH]c(C(=O)NC(CC(C)C)C(=O)N[C@@H](CC3CCCNC3=O)C(=O)COC(=O)c3c(C)nc(C)nc3C)cc12. The quantitative estimate of drug-likeness (QED) is 0.206. The van der Waals surface area contributed by atoms with E-state index in [0.717, 1.165) is 6.42 Å². The van der Waals surface area contributed by atoms with E-state index in [-0.39, 0.29) is 35.9 Å². The molecule has 1 aromatic carbocycles. The number of aromatic amines is 1. The van der Waals surface area contributed by atoms with Gasteiger partial charge in [0.1, 0.15) is 28.9 Å². The standard InChI is InChI=1S/C33H42N6O7/c1-17(2)13-25(39-32(43)26-15-22-23(37-26)10-7-11-28(22)45-6)31(42)38-24(14-21-9-8-12-34-30(21)41)27(40)16-46-33(44)29-18(3)35-20(5)36-19(29)4/h7,10-11,15,17,21,24-25,37H,8-9,12-14,16H2,1-6H3,(H,34,41)(H,38,42)(H,39,43)/t21?,24-,25?/m0/s1. The van der Waals surface area contributed by atoms with Crippen molar-refractivity contribution in [2.45, 2.75) is 72.4 Å². The van der Waals surface area contributed by atoms with Gasteiger partial charge in [-0.1, -0.05) is 19.9 Å². The third-order valence-electron chi connectivity index (χ3n) is 7.97. The number of hydrogen-bond donors (Lipinski definition) is 4. The predicted molar refractivity (Wildman–Crippen MR) is 169 cm³/mol. The molecular weight excluding hydrogens is 592 g/mol. The summed E-state index contributed by atoms with van der Waals surface area (Å²) in [4.78, 5) is 77.5. The molecule has 3 atom stereocenters. The second kappa shape index (κ2) is 15.0. The van der Waals surface area contributed by atoms with Crippen LogP contribution in [0.25, 0.3) is 10.9 Å². The number of carbonyl (C=O) groups excluding carboxylic acids is 5. The van der Waals surface area contributed by atoms with Gasteiger partial charge in [0.05, 0.1) is 24.5 Å². The van der Waals surface area contributed by atoms with Crippen LogP contribution in [0.3, 0.4) is 0 Å². The van der Waals surface area contributed by atoms with Crippen molar-refractivity contribution < 1.29 is 33.4 Å². The fraction of sp³-hybridized carbons (Fsp3) is 0.485. The molecule has 1 aliphatic rings. The molecule has 4 N–H and O–H groups in total. The number of Topliss-reactive ketones (excluding diaryl/α,β-unsaturated/α-hetero) is 1. The monoisotopic (exact) mass is 634 g/mol. The summed E-state index contributed by atoms with van der Waals surface area (Å²) in [7, 11) is 1.54. The van der Waals surface area contributed by atoms with Crippen LogP contribution < -0.4 is 20.7 Å². The number of H-pyrrole nitrogens is 1. The van der Waals surface area contributed by atoms with Crippen LogP contribution in [0.2, 0.25) is 0 Å². The Hall–Kier alpha value is -4.81. The highest BCUT2D eigenvalue weighted by atomic mass is 16.5. The zero-order valence-corrected chi connectivity index (χ0v) is 27.1. The van der Waals surface area contributed by atoms with E-state index in [1.54, 1.807) is 46.1 Å². The van der Waals surface area contributed by atoms with E-state index in [9.17, 15) is 24.0 Å². The zero-order valence-electron chi connectivity index (χ0n) is 27.1. The minimum Gasteiger partial charge on any atom is -0.496 e. The van der Waals surface area contributed by atoms with Crippen molar-refractivity contribution in [3.8, 4) is 5.75 Å². The lowest BCUT2D eigenvalue weighted by Gasteiger charge is -2.28. The van der Waals surface area contributed by atoms with E-state index in [1.165, 1.54) is 0 Å². The summed E-state index contributed by atoms with van der Waals surface area (Å²) in [5.74, 6) is -2.05. The van der Waals surface area contributed by atoms with Crippen LogP contribution in [0, 0.1) is 32.6 Å². The number of rotatable bonds is 13. The molecule has 0 aliphatic carbocycles. The fourth-order valence-corrected chi connectivity index (χ4v) is 5.74. The Balaban J connectivity index is 1.51. The molecule has 246 valence electrons. The second-order valence-corrected chi connectivity index (χ2v) is 12.0. The number of amides is 3. The van der Waals surface area contributed by atoms with Crippen molar-refractivity contribution in [1.82, 2.24) is 30.9 Å². The number of piperidine rings is 1. The first-order valence-corrected chi connectivity index (χ1v) is 15.4. The van der Waals surface area contributed by atoms with Crippen molar-refractivity contribution in [2.24, 2.45) is 11.8 Å². The Bertz CT molecular complexity index is 1610. The first-order chi connectivity index (χ1) is 21.9. The van der Waals surface area contributed by atoms with Gasteiger partial charge in [-0.15, -0.1) is 0 Å². The van der Waals surface area contributed by atoms with E-state index in [4.69, 9.17) is 9.47 Å². The Morgan fingerprint density at radius 3 is 2.41 bits per heavy atom. The van der Waals surface area contributed by atoms with E-state index in [1.807, 2.05) is 19.9 Å². The topological polar surface area (TPSA) is 181 Å². The van der Waals surface area contributed by atoms with Crippen LogP contribution in [0.5, 0.6) is 5.75 Å². The summed E-state index contributed by atoms with van der Waals surface area (Å²) in [6, 6.07) is 4.91. The zero-order chi connectivity index (χ0) is 33.5. The number of hydrogen-bond acceptors (Lipinski definition) is 9. The number of aromatic nitrogens is 3. The molecule has 3 heterocycles. The Morgan fingerprint density at radius 1 is 1.04 bits per heavy atom. The van der Waals surface area contributed by atoms with Gasteiger partial charge in [0.15, 0.2) is 12.4 Å². The minimum atomic E-state index is -1.14. The lowest BCUT2D eigenvalue weighted by atomic mass is 9.90. The molecule has 1 aliphatic heterocycles. The second-order valence-electron chi connectivity index (χ2n) is 12.0. The normalized spacial score (nSPS) is 16.0. The smallest absolute Gasteiger partial charge is 0.342 e. The van der Waals surface area contributed by atoms with Gasteiger partial charge in [0.25, 0.3) is 5.91 Å². The van der Waals surface area contributed by atoms with Crippen LogP contribution >= 0.6 is 0 Å². The molecular formula is C33H42N6O7. The summed E-state index contributed by atoms with van der Waals surface area (Å²) < 4.78 is 10.8. The van der Waals surface area contributed by atoms with Crippen LogP contribution in [0.15, 0.2) is 24.3 Å². The number of ether oxygens (including phenoxy) is 2. The number of aryl methyl sites for hydroxylation is 3. The van der Waals surface area contributed by atoms with Gasteiger partial charge >= 0.3 is 5.97 Å². The molecule has 1 fully saturated rings. The van der Waals surface area contributed by atoms with Crippen molar-refractivity contribution in [2.75, 3.05) is 20.3 Å². The molecule has 2 aromatic heterocycles. The predicted octanol–water partition coefficient (Wildman–Crippen LogP) is 2.86. The number of ketones is 1. The molecule has 3 amide bonds. The fourth-order valence-electron chi connectivity index (χ4n) is 5.74. The van der Waals surface area contributed by atoms with Crippen molar-refractivity contribution in [3.63, 3.8) is 0 Å². The molecule has 0 spiro atoms. The Morgan fingerprint density at radius 2 is 1.76 bits per heavy atom. The maximum absolute atomic E-state index is 13.7. The number of nitrogens with one attached hydrogen (secondary N) is 4. The maximum Gasteiger partial charge on any atom is 0.342 e. The summed E-state index contributed by atoms with van der Waals surface area (Å²) in [6.07, 6.45) is 1.57. The van der Waals surface area contributed by atoms with Crippen LogP contribution in [-0.4, -0.2) is 76.8 Å². The number of benzene rings is 1. The summed E-state index contributed by atoms with van der Waals surface area (Å²) in [5, 5.41) is 9.07. The van der Waals surface area contributed by atoms with Gasteiger partial charge < -0.3 is 30.4 Å². The summed E-state index contributed by atoms with van der Waals surface area (Å²) in [6.45, 7) is 8.74. The van der Waals surface area contributed by atoms with Crippen LogP contribution in [0.1, 0.15) is 77.6 Å². The lowest BCUT2D eigenvalue weighted by Crippen LogP contribution is -2.54. The number of carbonyl (C=O) groups is 5. The number of methoxy groups -OCH3 is 1. The molecule has 0 bridgehead atoms. The molecule has 0 radical (unpaired) electrons. The van der Waals surface area contributed by atoms with E-state index in [2.05, 4.69) is 30.9 Å². The highest BCUT2D eigenvalue weighted by Gasteiger charge is 2.33. The summed E-state index contributed by atoms with van der Waals surface area (Å²) >= 11 is 0. The van der Waals surface area contributed by atoms with Crippen molar-refractivity contribution in [3.05, 3.63) is 52.7 Å². The molecule has 3 aromatic rings. The number of nitrogens with zero attached hydrogens (tertiary/aromatic N) is 2. The van der Waals surface area contributed by atoms with Gasteiger partial charge in [0.2, 0.25) is 11.8 Å². The van der Waals surface area contributed by atoms with Gasteiger partial charge in [-0.3, -0.25) is 19.2 Å². The first kappa shape index (κ1) is 34.1. The van der Waals surface area contributed by atoms with Crippen molar-refractivity contribution in [1.29, 1.82) is 0 Å². The average Bonchev–Trinajstić information content (AvgIpc) is 3.44. The average molecular weight is 635 g/mol. The molecule has 4 rings (SSSR count). The highest BCUT2D eigenvalue weighted by molar-refractivity contribution is 6.02. The van der Waals surface area contributed by atoms with Gasteiger partial charge in [0, 0.05) is 23.4 Å². The third-order valence-corrected chi connectivity index (χ3v) is 7.97. The van der Waals surface area contributed by atoms with Gasteiger partial charge in [-0.25, -0.2) is 14.8 Å². The van der Waals surface area contributed by atoms with Crippen LogP contribution in [0.4, 0.5) is 0 Å². The van der Waals surface area contributed by atoms with Crippen molar-refractivity contribution >= 4 is 40.4 Å². The van der Waals surface area contributed by atoms with Gasteiger partial charge in [-0.2, -0.15) is 0 Å².